The lowest BCUT2D eigenvalue weighted by molar-refractivity contribution is -0.128. The minimum atomic E-state index is 0.141. The van der Waals surface area contributed by atoms with Gasteiger partial charge < -0.3 is 9.80 Å². The van der Waals surface area contributed by atoms with E-state index in [0.29, 0.717) is 12.4 Å². The number of likely N-dealkylation sites (tertiary alicyclic amines) is 1. The Morgan fingerprint density at radius 3 is 2.72 bits per heavy atom. The van der Waals surface area contributed by atoms with Crippen molar-refractivity contribution in [1.82, 2.24) is 14.9 Å². The summed E-state index contributed by atoms with van der Waals surface area (Å²) in [6, 6.07) is 1.82. The molecule has 0 N–H and O–H groups in total. The summed E-state index contributed by atoms with van der Waals surface area (Å²) < 4.78 is 0. The molecule has 1 fully saturated rings. The maximum Gasteiger partial charge on any atom is 0.242 e. The van der Waals surface area contributed by atoms with Crippen LogP contribution in [0.1, 0.15) is 18.5 Å². The van der Waals surface area contributed by atoms with Crippen molar-refractivity contribution in [3.05, 3.63) is 17.0 Å². The molecule has 5 nitrogen and oxygen atoms in total. The quantitative estimate of drug-likeness (QED) is 0.780. The molecule has 0 radical (unpaired) electrons. The van der Waals surface area contributed by atoms with Crippen molar-refractivity contribution in [2.24, 2.45) is 0 Å². The van der Waals surface area contributed by atoms with E-state index in [1.165, 1.54) is 0 Å². The third-order valence-electron chi connectivity index (χ3n) is 3.04. The van der Waals surface area contributed by atoms with Crippen LogP contribution in [0, 0.1) is 6.92 Å². The molecular formula is C12H17ClN4O. The van der Waals surface area contributed by atoms with E-state index in [4.69, 9.17) is 11.6 Å². The van der Waals surface area contributed by atoms with Gasteiger partial charge in [-0.3, -0.25) is 4.79 Å². The number of carbonyl (C=O) groups is 1. The van der Waals surface area contributed by atoms with Crippen LogP contribution < -0.4 is 4.90 Å². The lowest BCUT2D eigenvalue weighted by atomic mass is 10.4. The standard InChI is InChI=1S/C12H17ClN4O/c1-9-7-10(15-12(13)14-9)16(2)8-11(18)17-5-3-4-6-17/h7H,3-6,8H2,1-2H3. The predicted octanol–water partition coefficient (Wildman–Crippen LogP) is 1.50. The van der Waals surface area contributed by atoms with Crippen molar-refractivity contribution in [3.63, 3.8) is 0 Å². The Morgan fingerprint density at radius 2 is 2.11 bits per heavy atom. The molecule has 0 bridgehead atoms. The van der Waals surface area contributed by atoms with Crippen molar-refractivity contribution >= 4 is 23.3 Å². The Labute approximate surface area is 112 Å². The molecule has 1 amide bonds. The fourth-order valence-electron chi connectivity index (χ4n) is 2.06. The van der Waals surface area contributed by atoms with E-state index < -0.39 is 0 Å². The Hall–Kier alpha value is -1.36. The van der Waals surface area contributed by atoms with Crippen LogP contribution in [0.5, 0.6) is 0 Å². The highest BCUT2D eigenvalue weighted by atomic mass is 35.5. The molecule has 0 atom stereocenters. The highest BCUT2D eigenvalue weighted by Gasteiger charge is 2.19. The topological polar surface area (TPSA) is 49.3 Å². The third kappa shape index (κ3) is 3.10. The summed E-state index contributed by atoms with van der Waals surface area (Å²) in [5, 5.41) is 0.213. The van der Waals surface area contributed by atoms with Gasteiger partial charge in [-0.25, -0.2) is 9.97 Å². The van der Waals surface area contributed by atoms with Gasteiger partial charge >= 0.3 is 0 Å². The predicted molar refractivity (Wildman–Crippen MR) is 70.9 cm³/mol. The zero-order chi connectivity index (χ0) is 13.1. The first kappa shape index (κ1) is 13.1. The van der Waals surface area contributed by atoms with Crippen LogP contribution in [0.2, 0.25) is 5.28 Å². The lowest BCUT2D eigenvalue weighted by Crippen LogP contribution is -2.37. The van der Waals surface area contributed by atoms with Crippen LogP contribution in [-0.4, -0.2) is 47.5 Å². The van der Waals surface area contributed by atoms with Crippen LogP contribution in [0.4, 0.5) is 5.82 Å². The first-order valence-corrected chi connectivity index (χ1v) is 6.44. The number of anilines is 1. The van der Waals surface area contributed by atoms with Crippen molar-refractivity contribution in [2.75, 3.05) is 31.6 Å². The molecule has 2 heterocycles. The highest BCUT2D eigenvalue weighted by molar-refractivity contribution is 6.28. The maximum atomic E-state index is 12.0. The molecule has 1 aromatic heterocycles. The number of halogens is 1. The van der Waals surface area contributed by atoms with Gasteiger partial charge in [-0.05, 0) is 31.4 Å². The van der Waals surface area contributed by atoms with E-state index >= 15 is 0 Å². The fourth-order valence-corrected chi connectivity index (χ4v) is 2.28. The normalized spacial score (nSPS) is 14.9. The molecule has 0 aromatic carbocycles. The number of nitrogens with zero attached hydrogens (tertiary/aromatic N) is 4. The number of likely N-dealkylation sites (N-methyl/N-ethyl adjacent to an activating group) is 1. The number of aryl methyl sites for hydroxylation is 1. The first-order valence-electron chi connectivity index (χ1n) is 6.06. The summed E-state index contributed by atoms with van der Waals surface area (Å²) in [5.41, 5.74) is 0.797. The van der Waals surface area contributed by atoms with Gasteiger partial charge in [-0.15, -0.1) is 0 Å². The largest absolute Gasteiger partial charge is 0.350 e. The van der Waals surface area contributed by atoms with Gasteiger partial charge in [0.1, 0.15) is 5.82 Å². The van der Waals surface area contributed by atoms with Gasteiger partial charge in [0.25, 0.3) is 0 Å². The highest BCUT2D eigenvalue weighted by Crippen LogP contribution is 2.14. The van der Waals surface area contributed by atoms with E-state index in [0.717, 1.165) is 31.6 Å². The van der Waals surface area contributed by atoms with Gasteiger partial charge in [-0.1, -0.05) is 0 Å². The third-order valence-corrected chi connectivity index (χ3v) is 3.20. The molecule has 0 spiro atoms. The van der Waals surface area contributed by atoms with E-state index in [-0.39, 0.29) is 11.2 Å². The van der Waals surface area contributed by atoms with Crippen LogP contribution in [0.15, 0.2) is 6.07 Å². The zero-order valence-corrected chi connectivity index (χ0v) is 11.4. The SMILES string of the molecule is Cc1cc(N(C)CC(=O)N2CCCC2)nc(Cl)n1. The average molecular weight is 269 g/mol. The van der Waals surface area contributed by atoms with E-state index in [2.05, 4.69) is 9.97 Å². The summed E-state index contributed by atoms with van der Waals surface area (Å²) in [5.74, 6) is 0.822. The average Bonchev–Trinajstić information content (AvgIpc) is 2.80. The monoisotopic (exact) mass is 268 g/mol. The Kier molecular flexibility index (Phi) is 4.01. The van der Waals surface area contributed by atoms with Gasteiger partial charge in [0.15, 0.2) is 0 Å². The summed E-state index contributed by atoms with van der Waals surface area (Å²) in [4.78, 5) is 23.8. The Balaban J connectivity index is 2.02. The number of hydrogen-bond acceptors (Lipinski definition) is 4. The van der Waals surface area contributed by atoms with Gasteiger partial charge in [-0.2, -0.15) is 0 Å². The molecule has 0 unspecified atom stereocenters. The van der Waals surface area contributed by atoms with Crippen molar-refractivity contribution in [1.29, 1.82) is 0 Å². The molecule has 1 aromatic rings. The minimum absolute atomic E-state index is 0.141. The summed E-state index contributed by atoms with van der Waals surface area (Å²) in [6.45, 7) is 3.92. The summed E-state index contributed by atoms with van der Waals surface area (Å²) in [7, 11) is 1.84. The van der Waals surface area contributed by atoms with E-state index in [1.54, 1.807) is 4.90 Å². The van der Waals surface area contributed by atoms with E-state index in [1.807, 2.05) is 24.9 Å². The second-order valence-electron chi connectivity index (χ2n) is 4.58. The molecule has 2 rings (SSSR count). The fraction of sp³-hybridized carbons (Fsp3) is 0.583. The first-order chi connectivity index (χ1) is 8.56. The van der Waals surface area contributed by atoms with Crippen LogP contribution in [0.3, 0.4) is 0 Å². The molecule has 18 heavy (non-hydrogen) atoms. The van der Waals surface area contributed by atoms with Gasteiger partial charge in [0.05, 0.1) is 6.54 Å². The molecule has 6 heteroatoms. The Bertz CT molecular complexity index is 425. The molecular weight excluding hydrogens is 252 g/mol. The minimum Gasteiger partial charge on any atom is -0.350 e. The molecule has 0 saturated carbocycles. The maximum absolute atomic E-state index is 12.0. The van der Waals surface area contributed by atoms with E-state index in [9.17, 15) is 4.79 Å². The number of hydrogen-bond donors (Lipinski definition) is 0. The molecule has 1 aliphatic rings. The second-order valence-corrected chi connectivity index (χ2v) is 4.92. The number of amides is 1. The van der Waals surface area contributed by atoms with Gasteiger partial charge in [0, 0.05) is 31.9 Å². The zero-order valence-electron chi connectivity index (χ0n) is 10.7. The number of aromatic nitrogens is 2. The lowest BCUT2D eigenvalue weighted by Gasteiger charge is -2.22. The molecule has 98 valence electrons. The van der Waals surface area contributed by atoms with Crippen molar-refractivity contribution in [3.8, 4) is 0 Å². The van der Waals surface area contributed by atoms with Crippen molar-refractivity contribution < 1.29 is 4.79 Å². The van der Waals surface area contributed by atoms with Crippen LogP contribution in [0.25, 0.3) is 0 Å². The van der Waals surface area contributed by atoms with Gasteiger partial charge in [0.2, 0.25) is 11.2 Å². The number of rotatable bonds is 3. The van der Waals surface area contributed by atoms with Crippen LogP contribution >= 0.6 is 11.6 Å². The second kappa shape index (κ2) is 5.52. The summed E-state index contributed by atoms with van der Waals surface area (Å²) in [6.07, 6.45) is 2.21. The molecule has 1 aliphatic heterocycles. The summed E-state index contributed by atoms with van der Waals surface area (Å²) >= 11 is 5.81. The smallest absolute Gasteiger partial charge is 0.242 e. The number of carbonyl (C=O) groups excluding carboxylic acids is 1. The molecule has 1 saturated heterocycles. The van der Waals surface area contributed by atoms with Crippen LogP contribution in [-0.2, 0) is 4.79 Å². The molecule has 0 aliphatic carbocycles. The Morgan fingerprint density at radius 1 is 1.44 bits per heavy atom. The van der Waals surface area contributed by atoms with Crippen molar-refractivity contribution in [2.45, 2.75) is 19.8 Å².